The Labute approximate surface area is 233 Å². The lowest BCUT2D eigenvalue weighted by Gasteiger charge is -2.32. The molecule has 0 aromatic heterocycles. The number of hydrogen-bond acceptors (Lipinski definition) is 3. The molecule has 1 aliphatic carbocycles. The van der Waals surface area contributed by atoms with E-state index in [1.807, 2.05) is 42.5 Å². The van der Waals surface area contributed by atoms with Crippen molar-refractivity contribution in [1.29, 1.82) is 0 Å². The largest absolute Gasteiger partial charge is 0.356 e. The molecule has 1 heterocycles. The van der Waals surface area contributed by atoms with Crippen molar-refractivity contribution in [3.8, 4) is 0 Å². The molecule has 0 unspecified atom stereocenters. The van der Waals surface area contributed by atoms with Gasteiger partial charge in [0.15, 0.2) is 0 Å². The quantitative estimate of drug-likeness (QED) is 0.273. The minimum atomic E-state index is 0.0662. The van der Waals surface area contributed by atoms with Crippen LogP contribution in [0.4, 0.5) is 5.69 Å². The van der Waals surface area contributed by atoms with Crippen LogP contribution in [0.3, 0.4) is 0 Å². The van der Waals surface area contributed by atoms with E-state index in [0.717, 1.165) is 44.6 Å². The molecule has 5 nitrogen and oxygen atoms in total. The first-order valence-electron chi connectivity index (χ1n) is 14.6. The summed E-state index contributed by atoms with van der Waals surface area (Å²) in [6, 6.07) is 29.0. The number of nitrogens with one attached hydrogen (secondary N) is 2. The molecule has 2 amide bonds. The predicted octanol–water partition coefficient (Wildman–Crippen LogP) is 6.33. The van der Waals surface area contributed by atoms with Gasteiger partial charge in [-0.25, -0.2) is 0 Å². The van der Waals surface area contributed by atoms with Gasteiger partial charge in [0, 0.05) is 31.0 Å². The number of anilines is 1. The van der Waals surface area contributed by atoms with Gasteiger partial charge in [-0.15, -0.1) is 0 Å². The molecule has 2 aliphatic rings. The summed E-state index contributed by atoms with van der Waals surface area (Å²) < 4.78 is 0. The Morgan fingerprint density at radius 2 is 1.46 bits per heavy atom. The van der Waals surface area contributed by atoms with Gasteiger partial charge in [-0.05, 0) is 92.4 Å². The van der Waals surface area contributed by atoms with Crippen molar-refractivity contribution in [3.63, 3.8) is 0 Å². The fourth-order valence-electron chi connectivity index (χ4n) is 5.74. The highest BCUT2D eigenvalue weighted by atomic mass is 16.2. The van der Waals surface area contributed by atoms with E-state index in [-0.39, 0.29) is 17.7 Å². The maximum Gasteiger partial charge on any atom is 0.224 e. The Morgan fingerprint density at radius 3 is 2.10 bits per heavy atom. The van der Waals surface area contributed by atoms with Crippen LogP contribution in [0.5, 0.6) is 0 Å². The van der Waals surface area contributed by atoms with E-state index in [2.05, 4.69) is 58.0 Å². The van der Waals surface area contributed by atoms with E-state index in [1.54, 1.807) is 0 Å². The fraction of sp³-hybridized carbons (Fsp3) is 0.412. The highest BCUT2D eigenvalue weighted by molar-refractivity contribution is 5.91. The zero-order chi connectivity index (χ0) is 26.9. The maximum absolute atomic E-state index is 12.9. The van der Waals surface area contributed by atoms with Gasteiger partial charge in [-0.3, -0.25) is 9.59 Å². The van der Waals surface area contributed by atoms with Crippen molar-refractivity contribution in [2.45, 2.75) is 56.8 Å². The molecule has 5 heteroatoms. The van der Waals surface area contributed by atoms with Crippen LogP contribution in [0.2, 0.25) is 0 Å². The van der Waals surface area contributed by atoms with Crippen molar-refractivity contribution < 1.29 is 9.59 Å². The number of carbonyl (C=O) groups is 2. The molecule has 204 valence electrons. The minimum Gasteiger partial charge on any atom is -0.356 e. The summed E-state index contributed by atoms with van der Waals surface area (Å²) in [7, 11) is 0. The molecule has 5 rings (SSSR count). The summed E-state index contributed by atoms with van der Waals surface area (Å²) in [5, 5.41) is 6.26. The second-order valence-electron chi connectivity index (χ2n) is 11.2. The maximum atomic E-state index is 12.9. The number of rotatable bonds is 12. The first-order valence-corrected chi connectivity index (χ1v) is 14.6. The van der Waals surface area contributed by atoms with Crippen LogP contribution < -0.4 is 10.6 Å². The Morgan fingerprint density at radius 1 is 0.795 bits per heavy atom. The number of likely N-dealkylation sites (tertiary alicyclic amines) is 1. The molecular formula is C34H41N3O2. The molecule has 0 atom stereocenters. The molecule has 39 heavy (non-hydrogen) atoms. The number of piperidine rings is 1. The summed E-state index contributed by atoms with van der Waals surface area (Å²) in [5.74, 6) is 1.46. The highest BCUT2D eigenvalue weighted by Gasteiger charge is 2.25. The van der Waals surface area contributed by atoms with E-state index >= 15 is 0 Å². The molecule has 1 saturated heterocycles. The van der Waals surface area contributed by atoms with Crippen molar-refractivity contribution in [1.82, 2.24) is 10.2 Å². The fourth-order valence-corrected chi connectivity index (χ4v) is 5.74. The van der Waals surface area contributed by atoms with Crippen molar-refractivity contribution in [2.24, 2.45) is 5.92 Å². The third kappa shape index (κ3) is 8.27. The topological polar surface area (TPSA) is 61.4 Å². The molecule has 3 aromatic rings. The summed E-state index contributed by atoms with van der Waals surface area (Å²) in [5.41, 5.74) is 4.61. The van der Waals surface area contributed by atoms with Gasteiger partial charge >= 0.3 is 0 Å². The second kappa shape index (κ2) is 13.6. The Bertz CT molecular complexity index is 1160. The molecule has 1 aliphatic heterocycles. The lowest BCUT2D eigenvalue weighted by atomic mass is 9.88. The SMILES string of the molecule is O=C(CC(c1ccccc1)c1ccccc1)NCCCN1CCC(c2cccc(NC(=O)CC3CC3)c2)CC1. The van der Waals surface area contributed by atoms with Crippen LogP contribution in [0, 0.1) is 5.92 Å². The molecule has 0 bridgehead atoms. The van der Waals surface area contributed by atoms with Crippen LogP contribution in [-0.4, -0.2) is 42.9 Å². The summed E-state index contributed by atoms with van der Waals surface area (Å²) in [6.07, 6.45) is 6.72. The molecular weight excluding hydrogens is 482 g/mol. The first kappa shape index (κ1) is 27.1. The Kier molecular flexibility index (Phi) is 9.44. The van der Waals surface area contributed by atoms with E-state index < -0.39 is 0 Å². The van der Waals surface area contributed by atoms with Crippen LogP contribution in [-0.2, 0) is 9.59 Å². The third-order valence-corrected chi connectivity index (χ3v) is 8.17. The second-order valence-corrected chi connectivity index (χ2v) is 11.2. The normalized spacial score (nSPS) is 16.2. The number of carbonyl (C=O) groups excluding carboxylic acids is 2. The Balaban J connectivity index is 1.02. The molecule has 0 spiro atoms. The van der Waals surface area contributed by atoms with Crippen LogP contribution in [0.25, 0.3) is 0 Å². The van der Waals surface area contributed by atoms with Gasteiger partial charge in [-0.1, -0.05) is 72.8 Å². The number of hydrogen-bond donors (Lipinski definition) is 2. The Hall–Kier alpha value is -3.44. The van der Waals surface area contributed by atoms with Crippen LogP contribution in [0.15, 0.2) is 84.9 Å². The van der Waals surface area contributed by atoms with E-state index in [0.29, 0.717) is 31.2 Å². The number of nitrogens with zero attached hydrogens (tertiary/aromatic N) is 1. The summed E-state index contributed by atoms with van der Waals surface area (Å²) >= 11 is 0. The monoisotopic (exact) mass is 523 g/mol. The van der Waals surface area contributed by atoms with E-state index in [4.69, 9.17) is 0 Å². The van der Waals surface area contributed by atoms with Gasteiger partial charge in [0.05, 0.1) is 0 Å². The average molecular weight is 524 g/mol. The van der Waals surface area contributed by atoms with Gasteiger partial charge in [0.2, 0.25) is 11.8 Å². The molecule has 0 radical (unpaired) electrons. The van der Waals surface area contributed by atoms with Gasteiger partial charge in [0.1, 0.15) is 0 Å². The molecule has 1 saturated carbocycles. The zero-order valence-electron chi connectivity index (χ0n) is 22.9. The first-order chi connectivity index (χ1) is 19.1. The summed E-state index contributed by atoms with van der Waals surface area (Å²) in [6.45, 7) is 3.85. The number of benzene rings is 3. The van der Waals surface area contributed by atoms with Crippen molar-refractivity contribution >= 4 is 17.5 Å². The predicted molar refractivity (Wildman–Crippen MR) is 158 cm³/mol. The smallest absolute Gasteiger partial charge is 0.224 e. The van der Waals surface area contributed by atoms with Crippen LogP contribution in [0.1, 0.15) is 73.5 Å². The molecule has 3 aromatic carbocycles. The van der Waals surface area contributed by atoms with Crippen molar-refractivity contribution in [2.75, 3.05) is 31.5 Å². The van der Waals surface area contributed by atoms with Gasteiger partial charge in [0.25, 0.3) is 0 Å². The van der Waals surface area contributed by atoms with E-state index in [9.17, 15) is 9.59 Å². The van der Waals surface area contributed by atoms with Crippen LogP contribution >= 0.6 is 0 Å². The standard InChI is InChI=1S/C34H41N3O2/c38-33(25-32(28-9-3-1-4-10-28)29-11-5-2-6-12-29)35-19-8-20-37-21-17-27(18-22-37)30-13-7-14-31(24-30)36-34(39)23-26-15-16-26/h1-7,9-14,24,26-27,32H,8,15-23,25H2,(H,35,38)(H,36,39). The van der Waals surface area contributed by atoms with Gasteiger partial charge in [-0.2, -0.15) is 0 Å². The average Bonchev–Trinajstić information content (AvgIpc) is 3.79. The lowest BCUT2D eigenvalue weighted by molar-refractivity contribution is -0.121. The molecule has 2 N–H and O–H groups in total. The van der Waals surface area contributed by atoms with E-state index in [1.165, 1.54) is 29.5 Å². The lowest BCUT2D eigenvalue weighted by Crippen LogP contribution is -2.35. The van der Waals surface area contributed by atoms with Gasteiger partial charge < -0.3 is 15.5 Å². The summed E-state index contributed by atoms with van der Waals surface area (Å²) in [4.78, 5) is 27.6. The third-order valence-electron chi connectivity index (χ3n) is 8.17. The molecule has 2 fully saturated rings. The highest BCUT2D eigenvalue weighted by Crippen LogP contribution is 2.33. The zero-order valence-corrected chi connectivity index (χ0v) is 22.9. The minimum absolute atomic E-state index is 0.0662. The number of amides is 2. The van der Waals surface area contributed by atoms with Crippen molar-refractivity contribution in [3.05, 3.63) is 102 Å².